The highest BCUT2D eigenvalue weighted by Crippen LogP contribution is 2.20. The molecule has 1 atom stereocenters. The van der Waals surface area contributed by atoms with E-state index in [0.717, 1.165) is 25.8 Å². The van der Waals surface area contributed by atoms with E-state index in [0.29, 0.717) is 23.5 Å². The van der Waals surface area contributed by atoms with Crippen LogP contribution in [-0.4, -0.2) is 43.9 Å². The molecule has 0 spiro atoms. The first-order valence-corrected chi connectivity index (χ1v) is 8.19. The molecule has 1 aromatic heterocycles. The van der Waals surface area contributed by atoms with Crippen molar-refractivity contribution in [3.8, 4) is 0 Å². The lowest BCUT2D eigenvalue weighted by Crippen LogP contribution is -2.43. The summed E-state index contributed by atoms with van der Waals surface area (Å²) in [5.41, 5.74) is -0.201. The molecule has 0 unspecified atom stereocenters. The van der Waals surface area contributed by atoms with Crippen LogP contribution in [0.25, 0.3) is 0 Å². The summed E-state index contributed by atoms with van der Waals surface area (Å²) in [5, 5.41) is 7.04. The molecule has 1 aliphatic heterocycles. The number of nitrogens with zero attached hydrogens (tertiary/aromatic N) is 3. The molecule has 0 aromatic carbocycles. The third kappa shape index (κ3) is 3.45. The van der Waals surface area contributed by atoms with E-state index in [9.17, 15) is 9.59 Å². The lowest BCUT2D eigenvalue weighted by Gasteiger charge is -2.33. The number of amides is 1. The molecule has 112 valence electrons. The molecule has 1 N–H and O–H groups in total. The van der Waals surface area contributed by atoms with Gasteiger partial charge in [-0.05, 0) is 32.6 Å². The Bertz CT molecular complexity index is 511. The number of carbonyl (C=O) groups excluding carboxylic acids is 1. The quantitative estimate of drug-likeness (QED) is 0.836. The van der Waals surface area contributed by atoms with E-state index < -0.39 is 0 Å². The Morgan fingerprint density at radius 2 is 2.30 bits per heavy atom. The second-order valence-electron chi connectivity index (χ2n) is 5.18. The van der Waals surface area contributed by atoms with Crippen LogP contribution in [-0.2, 0) is 11.3 Å². The van der Waals surface area contributed by atoms with Crippen molar-refractivity contribution in [1.82, 2.24) is 19.7 Å². The largest absolute Gasteiger partial charge is 0.343 e. The summed E-state index contributed by atoms with van der Waals surface area (Å²) in [7, 11) is 0. The molecule has 1 aliphatic rings. The Labute approximate surface area is 122 Å². The van der Waals surface area contributed by atoms with Crippen molar-refractivity contribution >= 4 is 17.7 Å². The number of likely N-dealkylation sites (tertiary alicyclic amines) is 1. The van der Waals surface area contributed by atoms with Gasteiger partial charge in [-0.2, -0.15) is 0 Å². The average molecular weight is 298 g/mol. The second kappa shape index (κ2) is 6.97. The zero-order valence-electron chi connectivity index (χ0n) is 12.1. The molecule has 7 heteroatoms. The Morgan fingerprint density at radius 1 is 1.50 bits per heavy atom. The minimum absolute atomic E-state index is 0.140. The number of aromatic nitrogens is 3. The molecule has 2 rings (SSSR count). The SMILES string of the molecule is CCCn1c(SCC(=O)N2CCCC[C@@H]2C)n[nH]c1=O. The summed E-state index contributed by atoms with van der Waals surface area (Å²) in [5.74, 6) is 0.485. The van der Waals surface area contributed by atoms with Crippen molar-refractivity contribution in [2.75, 3.05) is 12.3 Å². The average Bonchev–Trinajstić information content (AvgIpc) is 2.78. The Morgan fingerprint density at radius 3 is 3.00 bits per heavy atom. The third-order valence-corrected chi connectivity index (χ3v) is 4.58. The van der Waals surface area contributed by atoms with Gasteiger partial charge >= 0.3 is 5.69 Å². The van der Waals surface area contributed by atoms with E-state index in [1.807, 2.05) is 11.8 Å². The van der Waals surface area contributed by atoms with Gasteiger partial charge in [0, 0.05) is 19.1 Å². The van der Waals surface area contributed by atoms with Gasteiger partial charge in [0.25, 0.3) is 0 Å². The van der Waals surface area contributed by atoms with Gasteiger partial charge in [-0.15, -0.1) is 5.10 Å². The van der Waals surface area contributed by atoms with E-state index >= 15 is 0 Å². The maximum atomic E-state index is 12.2. The van der Waals surface area contributed by atoms with Crippen LogP contribution in [0.3, 0.4) is 0 Å². The Balaban J connectivity index is 1.94. The molecular formula is C13H22N4O2S. The summed E-state index contributed by atoms with van der Waals surface area (Å²) >= 11 is 1.34. The number of nitrogens with one attached hydrogen (secondary N) is 1. The first-order chi connectivity index (χ1) is 9.63. The number of H-pyrrole nitrogens is 1. The third-order valence-electron chi connectivity index (χ3n) is 3.62. The normalized spacial score (nSPS) is 19.3. The number of rotatable bonds is 5. The van der Waals surface area contributed by atoms with Crippen molar-refractivity contribution in [3.05, 3.63) is 10.5 Å². The number of hydrogen-bond donors (Lipinski definition) is 1. The highest BCUT2D eigenvalue weighted by Gasteiger charge is 2.23. The number of hydrogen-bond acceptors (Lipinski definition) is 4. The molecule has 0 bridgehead atoms. The fourth-order valence-electron chi connectivity index (χ4n) is 2.51. The Kier molecular flexibility index (Phi) is 5.28. The second-order valence-corrected chi connectivity index (χ2v) is 6.13. The van der Waals surface area contributed by atoms with E-state index in [2.05, 4.69) is 17.1 Å². The van der Waals surface area contributed by atoms with Gasteiger partial charge in [-0.1, -0.05) is 18.7 Å². The topological polar surface area (TPSA) is 71.0 Å². The van der Waals surface area contributed by atoms with Crippen molar-refractivity contribution in [1.29, 1.82) is 0 Å². The van der Waals surface area contributed by atoms with Gasteiger partial charge in [0.15, 0.2) is 5.16 Å². The molecule has 0 radical (unpaired) electrons. The monoisotopic (exact) mass is 298 g/mol. The van der Waals surface area contributed by atoms with Gasteiger partial charge in [-0.3, -0.25) is 9.36 Å². The summed E-state index contributed by atoms with van der Waals surface area (Å²) in [6.45, 7) is 5.59. The molecule has 2 heterocycles. The van der Waals surface area contributed by atoms with Crippen LogP contribution in [0.4, 0.5) is 0 Å². The number of carbonyl (C=O) groups is 1. The minimum Gasteiger partial charge on any atom is -0.339 e. The van der Waals surface area contributed by atoms with Gasteiger partial charge in [0.1, 0.15) is 0 Å². The molecule has 1 fully saturated rings. The molecule has 6 nitrogen and oxygen atoms in total. The fraction of sp³-hybridized carbons (Fsp3) is 0.769. The van der Waals surface area contributed by atoms with Gasteiger partial charge in [-0.25, -0.2) is 9.89 Å². The van der Waals surface area contributed by atoms with Crippen LogP contribution >= 0.6 is 11.8 Å². The molecule has 0 saturated carbocycles. The zero-order chi connectivity index (χ0) is 14.5. The first kappa shape index (κ1) is 15.2. The van der Waals surface area contributed by atoms with E-state index in [1.54, 1.807) is 4.57 Å². The van der Waals surface area contributed by atoms with Gasteiger partial charge in [0.05, 0.1) is 5.75 Å². The fourth-order valence-corrected chi connectivity index (χ4v) is 3.37. The van der Waals surface area contributed by atoms with Gasteiger partial charge < -0.3 is 4.90 Å². The van der Waals surface area contributed by atoms with Crippen LogP contribution in [0.15, 0.2) is 9.95 Å². The Hall–Kier alpha value is -1.24. The van der Waals surface area contributed by atoms with Crippen LogP contribution in [0.5, 0.6) is 0 Å². The molecule has 1 amide bonds. The van der Waals surface area contributed by atoms with Crippen LogP contribution in [0.2, 0.25) is 0 Å². The van der Waals surface area contributed by atoms with Crippen molar-refractivity contribution in [2.24, 2.45) is 0 Å². The van der Waals surface area contributed by atoms with E-state index in [-0.39, 0.29) is 11.6 Å². The standard InChI is InChI=1S/C13H22N4O2S/c1-3-7-17-12(19)14-15-13(17)20-9-11(18)16-8-5-4-6-10(16)2/h10H,3-9H2,1-2H3,(H,14,19)/t10-/m0/s1. The summed E-state index contributed by atoms with van der Waals surface area (Å²) in [6, 6.07) is 0.328. The molecule has 0 aliphatic carbocycles. The zero-order valence-corrected chi connectivity index (χ0v) is 12.9. The van der Waals surface area contributed by atoms with Crippen molar-refractivity contribution < 1.29 is 4.79 Å². The highest BCUT2D eigenvalue weighted by atomic mass is 32.2. The first-order valence-electron chi connectivity index (χ1n) is 7.21. The molecular weight excluding hydrogens is 276 g/mol. The summed E-state index contributed by atoms with van der Waals surface area (Å²) in [6.07, 6.45) is 4.24. The highest BCUT2D eigenvalue weighted by molar-refractivity contribution is 7.99. The summed E-state index contributed by atoms with van der Waals surface area (Å²) < 4.78 is 1.59. The lowest BCUT2D eigenvalue weighted by atomic mass is 10.0. The predicted molar refractivity (Wildman–Crippen MR) is 78.9 cm³/mol. The molecule has 1 saturated heterocycles. The van der Waals surface area contributed by atoms with E-state index in [1.165, 1.54) is 18.2 Å². The number of piperidine rings is 1. The number of thioether (sulfide) groups is 1. The van der Waals surface area contributed by atoms with Crippen molar-refractivity contribution in [2.45, 2.75) is 57.3 Å². The predicted octanol–water partition coefficient (Wildman–Crippen LogP) is 1.47. The van der Waals surface area contributed by atoms with Crippen LogP contribution in [0, 0.1) is 0 Å². The van der Waals surface area contributed by atoms with E-state index in [4.69, 9.17) is 0 Å². The smallest absolute Gasteiger partial charge is 0.339 e. The maximum absolute atomic E-state index is 12.2. The number of aromatic amines is 1. The maximum Gasteiger partial charge on any atom is 0.343 e. The summed E-state index contributed by atoms with van der Waals surface area (Å²) in [4.78, 5) is 25.8. The van der Waals surface area contributed by atoms with Crippen LogP contribution in [0.1, 0.15) is 39.5 Å². The lowest BCUT2D eigenvalue weighted by molar-refractivity contribution is -0.131. The minimum atomic E-state index is -0.201. The van der Waals surface area contributed by atoms with Crippen LogP contribution < -0.4 is 5.69 Å². The molecule has 20 heavy (non-hydrogen) atoms. The molecule has 1 aromatic rings. The van der Waals surface area contributed by atoms with Gasteiger partial charge in [0.2, 0.25) is 5.91 Å². The van der Waals surface area contributed by atoms with Crippen molar-refractivity contribution in [3.63, 3.8) is 0 Å².